The van der Waals surface area contributed by atoms with Crippen LogP contribution in [0.2, 0.25) is 0 Å². The third-order valence-corrected chi connectivity index (χ3v) is 5.45. The van der Waals surface area contributed by atoms with Gasteiger partial charge in [0.1, 0.15) is 0 Å². The number of imide groups is 1. The van der Waals surface area contributed by atoms with Crippen LogP contribution in [0, 0.1) is 5.92 Å². The van der Waals surface area contributed by atoms with Crippen molar-refractivity contribution in [3.8, 4) is 0 Å². The second kappa shape index (κ2) is 7.62. The van der Waals surface area contributed by atoms with Crippen molar-refractivity contribution in [2.24, 2.45) is 5.92 Å². The third kappa shape index (κ3) is 3.80. The van der Waals surface area contributed by atoms with E-state index in [2.05, 4.69) is 41.1 Å². The smallest absolute Gasteiger partial charge is 0.261 e. The van der Waals surface area contributed by atoms with Gasteiger partial charge in [0.15, 0.2) is 0 Å². The molecule has 0 radical (unpaired) electrons. The molecule has 2 aromatic rings. The Morgan fingerprint density at radius 3 is 2.15 bits per heavy atom. The molecule has 5 nitrogen and oxygen atoms in total. The quantitative estimate of drug-likeness (QED) is 0.782. The molecular weight excluding hydrogens is 338 g/mol. The van der Waals surface area contributed by atoms with E-state index in [0.29, 0.717) is 17.7 Å². The van der Waals surface area contributed by atoms with E-state index in [1.54, 1.807) is 12.1 Å². The Morgan fingerprint density at radius 2 is 1.48 bits per heavy atom. The zero-order chi connectivity index (χ0) is 18.8. The van der Waals surface area contributed by atoms with Crippen molar-refractivity contribution in [2.75, 3.05) is 39.8 Å². The number of hydrogen-bond acceptors (Lipinski definition) is 4. The molecule has 2 aromatic carbocycles. The Labute approximate surface area is 160 Å². The molecular formula is C22H25N3O2. The molecule has 0 aliphatic carbocycles. The Hall–Kier alpha value is -2.50. The Morgan fingerprint density at radius 1 is 0.852 bits per heavy atom. The fourth-order valence-corrected chi connectivity index (χ4v) is 4.12. The molecule has 1 fully saturated rings. The summed E-state index contributed by atoms with van der Waals surface area (Å²) in [6.07, 6.45) is 0. The summed E-state index contributed by atoms with van der Waals surface area (Å²) in [5, 5.41) is 0. The topological polar surface area (TPSA) is 43.9 Å². The van der Waals surface area contributed by atoms with Gasteiger partial charge in [-0.25, -0.2) is 0 Å². The molecule has 140 valence electrons. The van der Waals surface area contributed by atoms with E-state index in [1.165, 1.54) is 10.5 Å². The van der Waals surface area contributed by atoms with Gasteiger partial charge < -0.3 is 4.90 Å². The van der Waals surface area contributed by atoms with Crippen LogP contribution in [0.15, 0.2) is 54.6 Å². The SMILES string of the molecule is CN1CCN(Cc2ccccc2)CC(CN2C(=O)c3ccccc3C2=O)C1. The predicted molar refractivity (Wildman–Crippen MR) is 105 cm³/mol. The standard InChI is InChI=1S/C22H25N3O2/c1-23-11-12-24(14-17-7-3-2-4-8-17)15-18(13-23)16-25-21(26)19-9-5-6-10-20(19)22(25)27/h2-10,18H,11-16H2,1H3. The van der Waals surface area contributed by atoms with E-state index < -0.39 is 0 Å². The summed E-state index contributed by atoms with van der Waals surface area (Å²) in [6.45, 7) is 5.12. The van der Waals surface area contributed by atoms with Crippen molar-refractivity contribution >= 4 is 11.8 Å². The first-order chi connectivity index (χ1) is 13.1. The largest absolute Gasteiger partial charge is 0.305 e. The number of fused-ring (bicyclic) bond motifs is 1. The van der Waals surface area contributed by atoms with Gasteiger partial charge in [-0.2, -0.15) is 0 Å². The van der Waals surface area contributed by atoms with Gasteiger partial charge in [0.25, 0.3) is 11.8 Å². The van der Waals surface area contributed by atoms with Crippen LogP contribution in [0.25, 0.3) is 0 Å². The summed E-state index contributed by atoms with van der Waals surface area (Å²) < 4.78 is 0. The molecule has 0 bridgehead atoms. The number of nitrogens with zero attached hydrogens (tertiary/aromatic N) is 3. The van der Waals surface area contributed by atoms with Crippen molar-refractivity contribution in [1.29, 1.82) is 0 Å². The number of likely N-dealkylation sites (N-methyl/N-ethyl adjacent to an activating group) is 1. The van der Waals surface area contributed by atoms with Gasteiger partial charge in [-0.1, -0.05) is 42.5 Å². The van der Waals surface area contributed by atoms with Crippen molar-refractivity contribution in [2.45, 2.75) is 6.54 Å². The lowest BCUT2D eigenvalue weighted by Crippen LogP contribution is -2.40. The summed E-state index contributed by atoms with van der Waals surface area (Å²) in [6, 6.07) is 17.6. The molecule has 1 saturated heterocycles. The minimum absolute atomic E-state index is 0.155. The lowest BCUT2D eigenvalue weighted by Gasteiger charge is -2.27. The summed E-state index contributed by atoms with van der Waals surface area (Å²) in [4.78, 5) is 31.6. The van der Waals surface area contributed by atoms with E-state index in [4.69, 9.17) is 0 Å². The van der Waals surface area contributed by atoms with Gasteiger partial charge in [-0.3, -0.25) is 19.4 Å². The number of hydrogen-bond donors (Lipinski definition) is 0. The van der Waals surface area contributed by atoms with Gasteiger partial charge in [0, 0.05) is 45.2 Å². The first-order valence-electron chi connectivity index (χ1n) is 9.52. The second-order valence-corrected chi connectivity index (χ2v) is 7.62. The van der Waals surface area contributed by atoms with Crippen LogP contribution in [0.5, 0.6) is 0 Å². The lowest BCUT2D eigenvalue weighted by atomic mass is 10.1. The molecule has 1 atom stereocenters. The molecule has 2 amide bonds. The summed E-state index contributed by atoms with van der Waals surface area (Å²) >= 11 is 0. The third-order valence-electron chi connectivity index (χ3n) is 5.45. The first kappa shape index (κ1) is 17.9. The fourth-order valence-electron chi connectivity index (χ4n) is 4.12. The minimum atomic E-state index is -0.155. The molecule has 2 aliphatic rings. The number of amides is 2. The van der Waals surface area contributed by atoms with Crippen LogP contribution in [0.3, 0.4) is 0 Å². The Bertz CT molecular complexity index is 801. The van der Waals surface area contributed by atoms with E-state index in [-0.39, 0.29) is 17.7 Å². The van der Waals surface area contributed by atoms with Crippen LogP contribution in [-0.2, 0) is 6.54 Å². The molecule has 0 N–H and O–H groups in total. The van der Waals surface area contributed by atoms with E-state index in [0.717, 1.165) is 32.7 Å². The van der Waals surface area contributed by atoms with Gasteiger partial charge in [-0.15, -0.1) is 0 Å². The maximum absolute atomic E-state index is 12.7. The molecule has 2 aliphatic heterocycles. The summed E-state index contributed by atoms with van der Waals surface area (Å²) in [7, 11) is 2.11. The van der Waals surface area contributed by atoms with Gasteiger partial charge in [0.05, 0.1) is 11.1 Å². The predicted octanol–water partition coefficient (Wildman–Crippen LogP) is 2.35. The number of benzene rings is 2. The maximum atomic E-state index is 12.7. The van der Waals surface area contributed by atoms with Crippen molar-refractivity contribution in [3.05, 3.63) is 71.3 Å². The average molecular weight is 363 g/mol. The summed E-state index contributed by atoms with van der Waals surface area (Å²) in [5.41, 5.74) is 2.36. The molecule has 27 heavy (non-hydrogen) atoms. The molecule has 0 spiro atoms. The van der Waals surface area contributed by atoms with E-state index in [9.17, 15) is 9.59 Å². The molecule has 2 heterocycles. The van der Waals surface area contributed by atoms with E-state index >= 15 is 0 Å². The van der Waals surface area contributed by atoms with Crippen molar-refractivity contribution in [1.82, 2.24) is 14.7 Å². The van der Waals surface area contributed by atoms with Crippen LogP contribution in [-0.4, -0.2) is 66.3 Å². The number of carbonyl (C=O) groups excluding carboxylic acids is 2. The van der Waals surface area contributed by atoms with Crippen molar-refractivity contribution in [3.63, 3.8) is 0 Å². The molecule has 1 unspecified atom stereocenters. The van der Waals surface area contributed by atoms with Gasteiger partial charge in [0.2, 0.25) is 0 Å². The molecule has 4 rings (SSSR count). The van der Waals surface area contributed by atoms with Crippen LogP contribution >= 0.6 is 0 Å². The zero-order valence-electron chi connectivity index (χ0n) is 15.7. The highest BCUT2D eigenvalue weighted by Gasteiger charge is 2.37. The minimum Gasteiger partial charge on any atom is -0.305 e. The highest BCUT2D eigenvalue weighted by atomic mass is 16.2. The van der Waals surface area contributed by atoms with Gasteiger partial charge >= 0.3 is 0 Å². The highest BCUT2D eigenvalue weighted by Crippen LogP contribution is 2.24. The molecule has 5 heteroatoms. The first-order valence-corrected chi connectivity index (χ1v) is 9.52. The van der Waals surface area contributed by atoms with Crippen molar-refractivity contribution < 1.29 is 9.59 Å². The average Bonchev–Trinajstić information content (AvgIpc) is 2.81. The van der Waals surface area contributed by atoms with Crippen LogP contribution in [0.1, 0.15) is 26.3 Å². The zero-order valence-corrected chi connectivity index (χ0v) is 15.7. The molecule has 0 aromatic heterocycles. The van der Waals surface area contributed by atoms with Gasteiger partial charge in [-0.05, 0) is 24.7 Å². The maximum Gasteiger partial charge on any atom is 0.261 e. The monoisotopic (exact) mass is 363 g/mol. The number of carbonyl (C=O) groups is 2. The Balaban J connectivity index is 1.47. The van der Waals surface area contributed by atoms with E-state index in [1.807, 2.05) is 18.2 Å². The second-order valence-electron chi connectivity index (χ2n) is 7.62. The lowest BCUT2D eigenvalue weighted by molar-refractivity contribution is 0.0612. The summed E-state index contributed by atoms with van der Waals surface area (Å²) in [5.74, 6) is -0.0716. The fraction of sp³-hybridized carbons (Fsp3) is 0.364. The van der Waals surface area contributed by atoms with Crippen LogP contribution < -0.4 is 0 Å². The number of rotatable bonds is 4. The Kier molecular flexibility index (Phi) is 5.05. The normalized spacial score (nSPS) is 21.4. The molecule has 0 saturated carbocycles. The highest BCUT2D eigenvalue weighted by molar-refractivity contribution is 6.21. The van der Waals surface area contributed by atoms with Crippen LogP contribution in [0.4, 0.5) is 0 Å².